The number of benzene rings is 2. The molecule has 27 heavy (non-hydrogen) atoms. The third kappa shape index (κ3) is 5.39. The summed E-state index contributed by atoms with van der Waals surface area (Å²) in [5.74, 6) is -0.148. The standard InChI is InChI=1S/C20H19N3O3S/c1-13-4-2-5-14(8-13)11-26-17-7-3-6-15(9-17)19(25)23-20-22-16(12-27-20)10-18(21)24/h2-9,12H,10-11H2,1H3,(H2,21,24)(H,22,23,25). The van der Waals surface area contributed by atoms with E-state index in [9.17, 15) is 9.59 Å². The highest BCUT2D eigenvalue weighted by Gasteiger charge is 2.11. The molecule has 7 heteroatoms. The van der Waals surface area contributed by atoms with E-state index in [4.69, 9.17) is 10.5 Å². The fraction of sp³-hybridized carbons (Fsp3) is 0.150. The van der Waals surface area contributed by atoms with E-state index in [0.29, 0.717) is 28.7 Å². The Morgan fingerprint density at radius 3 is 2.78 bits per heavy atom. The monoisotopic (exact) mass is 381 g/mol. The van der Waals surface area contributed by atoms with E-state index in [2.05, 4.69) is 16.4 Å². The predicted molar refractivity (Wildman–Crippen MR) is 105 cm³/mol. The van der Waals surface area contributed by atoms with Crippen LogP contribution >= 0.6 is 11.3 Å². The number of hydrogen-bond acceptors (Lipinski definition) is 5. The molecule has 1 heterocycles. The molecule has 0 saturated carbocycles. The van der Waals surface area contributed by atoms with Gasteiger partial charge in [0.25, 0.3) is 5.91 Å². The van der Waals surface area contributed by atoms with Gasteiger partial charge in [-0.3, -0.25) is 14.9 Å². The number of amides is 2. The van der Waals surface area contributed by atoms with Crippen molar-refractivity contribution in [2.24, 2.45) is 5.73 Å². The van der Waals surface area contributed by atoms with Crippen molar-refractivity contribution < 1.29 is 14.3 Å². The quantitative estimate of drug-likeness (QED) is 0.656. The molecule has 3 aromatic rings. The number of hydrogen-bond donors (Lipinski definition) is 2. The maximum atomic E-state index is 12.4. The average molecular weight is 381 g/mol. The Labute approximate surface area is 161 Å². The molecule has 0 aliphatic carbocycles. The highest BCUT2D eigenvalue weighted by atomic mass is 32.1. The number of nitrogens with two attached hydrogens (primary N) is 1. The molecule has 0 bridgehead atoms. The third-order valence-corrected chi connectivity index (χ3v) is 4.52. The van der Waals surface area contributed by atoms with Crippen LogP contribution in [0.3, 0.4) is 0 Å². The number of aryl methyl sites for hydroxylation is 1. The Bertz CT molecular complexity index is 968. The summed E-state index contributed by atoms with van der Waals surface area (Å²) in [4.78, 5) is 27.5. The summed E-state index contributed by atoms with van der Waals surface area (Å²) in [5.41, 5.74) is 8.38. The Hall–Kier alpha value is -3.19. The van der Waals surface area contributed by atoms with Crippen LogP contribution in [0.1, 0.15) is 27.2 Å². The zero-order valence-electron chi connectivity index (χ0n) is 14.8. The van der Waals surface area contributed by atoms with E-state index in [1.54, 1.807) is 29.6 Å². The first-order chi connectivity index (χ1) is 13.0. The number of aromatic nitrogens is 1. The van der Waals surface area contributed by atoms with Crippen molar-refractivity contribution >= 4 is 28.3 Å². The fourth-order valence-corrected chi connectivity index (χ4v) is 3.19. The van der Waals surface area contributed by atoms with Crippen LogP contribution in [0.15, 0.2) is 53.9 Å². The van der Waals surface area contributed by atoms with Gasteiger partial charge in [0.1, 0.15) is 12.4 Å². The molecule has 0 fully saturated rings. The first kappa shape index (κ1) is 18.6. The summed E-state index contributed by atoms with van der Waals surface area (Å²) in [6.45, 7) is 2.46. The van der Waals surface area contributed by atoms with E-state index >= 15 is 0 Å². The molecule has 2 aromatic carbocycles. The fourth-order valence-electron chi connectivity index (χ4n) is 2.49. The van der Waals surface area contributed by atoms with Crippen molar-refractivity contribution in [1.29, 1.82) is 0 Å². The summed E-state index contributed by atoms with van der Waals surface area (Å²) < 4.78 is 5.79. The van der Waals surface area contributed by atoms with Gasteiger partial charge in [-0.1, -0.05) is 35.9 Å². The molecule has 0 atom stereocenters. The van der Waals surface area contributed by atoms with Crippen LogP contribution < -0.4 is 15.8 Å². The number of nitrogens with one attached hydrogen (secondary N) is 1. The molecule has 0 unspecified atom stereocenters. The maximum Gasteiger partial charge on any atom is 0.257 e. The van der Waals surface area contributed by atoms with Gasteiger partial charge >= 0.3 is 0 Å². The van der Waals surface area contributed by atoms with Crippen molar-refractivity contribution in [3.63, 3.8) is 0 Å². The number of nitrogens with zero attached hydrogens (tertiary/aromatic N) is 1. The van der Waals surface area contributed by atoms with Gasteiger partial charge in [-0.15, -0.1) is 11.3 Å². The Kier molecular flexibility index (Phi) is 5.83. The van der Waals surface area contributed by atoms with Crippen LogP contribution in [0, 0.1) is 6.92 Å². The second-order valence-corrected chi connectivity index (χ2v) is 6.90. The topological polar surface area (TPSA) is 94.3 Å². The number of carbonyl (C=O) groups excluding carboxylic acids is 2. The largest absolute Gasteiger partial charge is 0.489 e. The number of primary amides is 1. The van der Waals surface area contributed by atoms with Crippen molar-refractivity contribution in [2.75, 3.05) is 5.32 Å². The van der Waals surface area contributed by atoms with E-state index in [-0.39, 0.29) is 12.3 Å². The van der Waals surface area contributed by atoms with Gasteiger partial charge in [-0.2, -0.15) is 0 Å². The minimum Gasteiger partial charge on any atom is -0.489 e. The molecule has 0 aliphatic rings. The number of thiazole rings is 1. The summed E-state index contributed by atoms with van der Waals surface area (Å²) in [5, 5.41) is 4.84. The van der Waals surface area contributed by atoms with Gasteiger partial charge in [0.05, 0.1) is 12.1 Å². The zero-order valence-corrected chi connectivity index (χ0v) is 15.6. The van der Waals surface area contributed by atoms with Gasteiger partial charge in [0, 0.05) is 10.9 Å². The molecule has 0 radical (unpaired) electrons. The Morgan fingerprint density at radius 2 is 2.00 bits per heavy atom. The molecular formula is C20H19N3O3S. The van der Waals surface area contributed by atoms with Crippen molar-refractivity contribution in [1.82, 2.24) is 4.98 Å². The lowest BCUT2D eigenvalue weighted by Crippen LogP contribution is -2.14. The van der Waals surface area contributed by atoms with Gasteiger partial charge in [0.2, 0.25) is 5.91 Å². The molecule has 0 aliphatic heterocycles. The summed E-state index contributed by atoms with van der Waals surface area (Å²) in [6.07, 6.45) is 0.0503. The smallest absolute Gasteiger partial charge is 0.257 e. The number of rotatable bonds is 7. The summed E-state index contributed by atoms with van der Waals surface area (Å²) in [7, 11) is 0. The van der Waals surface area contributed by atoms with E-state index < -0.39 is 5.91 Å². The normalized spacial score (nSPS) is 10.4. The molecule has 3 N–H and O–H groups in total. The van der Waals surface area contributed by atoms with Crippen LogP contribution in [-0.4, -0.2) is 16.8 Å². The molecule has 2 amide bonds. The number of carbonyl (C=O) groups is 2. The molecule has 3 rings (SSSR count). The summed E-state index contributed by atoms with van der Waals surface area (Å²) >= 11 is 1.25. The molecule has 0 saturated heterocycles. The second-order valence-electron chi connectivity index (χ2n) is 6.05. The maximum absolute atomic E-state index is 12.4. The highest BCUT2D eigenvalue weighted by molar-refractivity contribution is 7.14. The van der Waals surface area contributed by atoms with Gasteiger partial charge in [-0.05, 0) is 30.7 Å². The van der Waals surface area contributed by atoms with Gasteiger partial charge in [0.15, 0.2) is 5.13 Å². The van der Waals surface area contributed by atoms with E-state index in [0.717, 1.165) is 5.56 Å². The molecular weight excluding hydrogens is 362 g/mol. The van der Waals surface area contributed by atoms with Crippen LogP contribution in [0.5, 0.6) is 5.75 Å². The van der Waals surface area contributed by atoms with Crippen LogP contribution in [0.2, 0.25) is 0 Å². The first-order valence-corrected chi connectivity index (χ1v) is 9.20. The summed E-state index contributed by atoms with van der Waals surface area (Å²) in [6, 6.07) is 15.0. The number of ether oxygens (including phenoxy) is 1. The van der Waals surface area contributed by atoms with Gasteiger partial charge in [-0.25, -0.2) is 4.98 Å². The predicted octanol–water partition coefficient (Wildman–Crippen LogP) is 3.31. The molecule has 6 nitrogen and oxygen atoms in total. The highest BCUT2D eigenvalue weighted by Crippen LogP contribution is 2.19. The second kappa shape index (κ2) is 8.46. The number of anilines is 1. The lowest BCUT2D eigenvalue weighted by atomic mass is 10.1. The minimum absolute atomic E-state index is 0.0503. The van der Waals surface area contributed by atoms with Crippen molar-refractivity contribution in [3.05, 3.63) is 76.3 Å². The van der Waals surface area contributed by atoms with Crippen LogP contribution in [0.25, 0.3) is 0 Å². The Morgan fingerprint density at radius 1 is 1.19 bits per heavy atom. The SMILES string of the molecule is Cc1cccc(COc2cccc(C(=O)Nc3nc(CC(N)=O)cs3)c2)c1. The molecule has 138 valence electrons. The minimum atomic E-state index is -0.461. The van der Waals surface area contributed by atoms with Crippen LogP contribution in [0.4, 0.5) is 5.13 Å². The van der Waals surface area contributed by atoms with E-state index in [1.807, 2.05) is 25.1 Å². The van der Waals surface area contributed by atoms with Crippen molar-refractivity contribution in [3.8, 4) is 5.75 Å². The van der Waals surface area contributed by atoms with E-state index in [1.165, 1.54) is 16.9 Å². The first-order valence-electron chi connectivity index (χ1n) is 8.32. The lowest BCUT2D eigenvalue weighted by Gasteiger charge is -2.08. The van der Waals surface area contributed by atoms with Crippen LogP contribution in [-0.2, 0) is 17.8 Å². The Balaban J connectivity index is 1.63. The molecule has 1 aromatic heterocycles. The molecule has 0 spiro atoms. The zero-order chi connectivity index (χ0) is 19.2. The average Bonchev–Trinajstić information content (AvgIpc) is 3.06. The third-order valence-electron chi connectivity index (χ3n) is 3.71. The van der Waals surface area contributed by atoms with Crippen molar-refractivity contribution in [2.45, 2.75) is 20.0 Å². The lowest BCUT2D eigenvalue weighted by molar-refractivity contribution is -0.117. The van der Waals surface area contributed by atoms with Gasteiger partial charge < -0.3 is 10.5 Å².